The minimum atomic E-state index is -0.242. The van der Waals surface area contributed by atoms with E-state index in [0.717, 1.165) is 100 Å². The van der Waals surface area contributed by atoms with Crippen molar-refractivity contribution in [3.8, 4) is 0 Å². The van der Waals surface area contributed by atoms with Crippen LogP contribution < -0.4 is 20.4 Å². The maximum Gasteiger partial charge on any atom is 0.270 e. The van der Waals surface area contributed by atoms with E-state index in [1.54, 1.807) is 25.2 Å². The van der Waals surface area contributed by atoms with Gasteiger partial charge >= 0.3 is 0 Å². The molecule has 0 unspecified atom stereocenters. The Kier molecular flexibility index (Phi) is 9.52. The number of amides is 3. The average Bonchev–Trinajstić information content (AvgIpc) is 3.83. The molecule has 1 aromatic carbocycles. The Labute approximate surface area is 304 Å². The lowest BCUT2D eigenvalue weighted by Crippen LogP contribution is -2.53. The Balaban J connectivity index is 0.839. The SMILES string of the molecule is CN(C)C(=O)c1cc2cnc(Nc3ccc(N4CCN(C5CCN(c6ccc([C@@H]7CCC(=O)NC7=O)cc6)CC5)CC4)cn3)nc2n1C1CCCC1. The van der Waals surface area contributed by atoms with E-state index in [0.29, 0.717) is 36.3 Å². The number of aromatic nitrogens is 4. The van der Waals surface area contributed by atoms with E-state index in [1.165, 1.54) is 5.69 Å². The van der Waals surface area contributed by atoms with E-state index in [2.05, 4.69) is 53.1 Å². The van der Waals surface area contributed by atoms with E-state index in [-0.39, 0.29) is 29.7 Å². The van der Waals surface area contributed by atoms with Gasteiger partial charge in [0.2, 0.25) is 17.8 Å². The predicted octanol–water partition coefficient (Wildman–Crippen LogP) is 4.70. The third kappa shape index (κ3) is 6.93. The summed E-state index contributed by atoms with van der Waals surface area (Å²) in [4.78, 5) is 60.2. The van der Waals surface area contributed by atoms with Crippen LogP contribution in [-0.4, -0.2) is 106 Å². The number of pyridine rings is 1. The maximum atomic E-state index is 13.1. The van der Waals surface area contributed by atoms with Crippen LogP contribution in [0.3, 0.4) is 0 Å². The minimum Gasteiger partial charge on any atom is -0.371 e. The second-order valence-electron chi connectivity index (χ2n) is 14.9. The van der Waals surface area contributed by atoms with Gasteiger partial charge in [-0.2, -0.15) is 4.98 Å². The Hall–Kier alpha value is -5.04. The summed E-state index contributed by atoms with van der Waals surface area (Å²) in [5.41, 5.74) is 4.74. The second kappa shape index (κ2) is 14.5. The Morgan fingerprint density at radius 3 is 2.19 bits per heavy atom. The highest BCUT2D eigenvalue weighted by Gasteiger charge is 2.30. The summed E-state index contributed by atoms with van der Waals surface area (Å²) < 4.78 is 2.13. The van der Waals surface area contributed by atoms with Crippen LogP contribution in [0.15, 0.2) is 54.9 Å². The van der Waals surface area contributed by atoms with Gasteiger partial charge in [0.1, 0.15) is 17.2 Å². The fourth-order valence-electron chi connectivity index (χ4n) is 8.52. The number of fused-ring (bicyclic) bond motifs is 1. The number of piperidine rings is 2. The highest BCUT2D eigenvalue weighted by atomic mass is 16.2. The van der Waals surface area contributed by atoms with Crippen LogP contribution >= 0.6 is 0 Å². The van der Waals surface area contributed by atoms with Crippen LogP contribution in [0.1, 0.15) is 79.4 Å². The molecule has 1 saturated carbocycles. The van der Waals surface area contributed by atoms with Crippen molar-refractivity contribution in [2.24, 2.45) is 0 Å². The monoisotopic (exact) mass is 704 g/mol. The number of carbonyl (C=O) groups is 3. The van der Waals surface area contributed by atoms with Gasteiger partial charge in [-0.1, -0.05) is 25.0 Å². The van der Waals surface area contributed by atoms with Crippen LogP contribution in [0.2, 0.25) is 0 Å². The number of anilines is 4. The van der Waals surface area contributed by atoms with Crippen LogP contribution in [0.5, 0.6) is 0 Å². The Bertz CT molecular complexity index is 1920. The average molecular weight is 705 g/mol. The summed E-state index contributed by atoms with van der Waals surface area (Å²) in [7, 11) is 3.57. The Morgan fingerprint density at radius 1 is 0.808 bits per heavy atom. The van der Waals surface area contributed by atoms with Gasteiger partial charge in [-0.25, -0.2) is 9.97 Å². The van der Waals surface area contributed by atoms with Gasteiger partial charge in [0.25, 0.3) is 5.91 Å². The lowest BCUT2D eigenvalue weighted by atomic mass is 9.90. The molecule has 0 bridgehead atoms. The van der Waals surface area contributed by atoms with Crippen LogP contribution in [0.4, 0.5) is 23.1 Å². The second-order valence-corrected chi connectivity index (χ2v) is 14.9. The van der Waals surface area contributed by atoms with Crippen molar-refractivity contribution in [3.05, 3.63) is 66.1 Å². The molecule has 3 amide bonds. The molecule has 2 N–H and O–H groups in total. The molecule has 13 nitrogen and oxygen atoms in total. The summed E-state index contributed by atoms with van der Waals surface area (Å²) in [5.74, 6) is 0.531. The number of piperazine rings is 1. The van der Waals surface area contributed by atoms with Crippen LogP contribution in [0.25, 0.3) is 11.0 Å². The number of nitrogens with one attached hydrogen (secondary N) is 2. The zero-order valence-corrected chi connectivity index (χ0v) is 30.1. The molecule has 3 aliphatic heterocycles. The highest BCUT2D eigenvalue weighted by Crippen LogP contribution is 2.35. The predicted molar refractivity (Wildman–Crippen MR) is 201 cm³/mol. The molecule has 4 aromatic rings. The van der Waals surface area contributed by atoms with Gasteiger partial charge in [0.05, 0.1) is 17.8 Å². The van der Waals surface area contributed by atoms with Crippen molar-refractivity contribution < 1.29 is 14.4 Å². The zero-order valence-electron chi connectivity index (χ0n) is 30.1. The van der Waals surface area contributed by atoms with Crippen molar-refractivity contribution in [1.82, 2.24) is 34.6 Å². The molecule has 13 heteroatoms. The summed E-state index contributed by atoms with van der Waals surface area (Å²) in [6.45, 7) is 6.00. The van der Waals surface area contributed by atoms with Gasteiger partial charge in [-0.3, -0.25) is 24.6 Å². The molecule has 0 spiro atoms. The summed E-state index contributed by atoms with van der Waals surface area (Å²) in [5, 5.41) is 6.63. The van der Waals surface area contributed by atoms with Crippen molar-refractivity contribution in [2.75, 3.05) is 68.5 Å². The summed E-state index contributed by atoms with van der Waals surface area (Å²) >= 11 is 0. The van der Waals surface area contributed by atoms with E-state index in [4.69, 9.17) is 9.97 Å². The molecule has 3 aromatic heterocycles. The van der Waals surface area contributed by atoms with E-state index in [9.17, 15) is 14.4 Å². The van der Waals surface area contributed by atoms with Crippen LogP contribution in [-0.2, 0) is 9.59 Å². The first-order valence-corrected chi connectivity index (χ1v) is 18.8. The fraction of sp³-hybridized carbons (Fsp3) is 0.487. The normalized spacial score (nSPS) is 20.8. The third-order valence-electron chi connectivity index (χ3n) is 11.4. The molecular weight excluding hydrogens is 656 g/mol. The first-order chi connectivity index (χ1) is 25.3. The van der Waals surface area contributed by atoms with Gasteiger partial charge < -0.3 is 24.6 Å². The van der Waals surface area contributed by atoms with E-state index < -0.39 is 0 Å². The third-order valence-corrected chi connectivity index (χ3v) is 11.4. The topological polar surface area (TPSA) is 132 Å². The molecule has 8 rings (SSSR count). The zero-order chi connectivity index (χ0) is 35.8. The number of hydrogen-bond donors (Lipinski definition) is 2. The fourth-order valence-corrected chi connectivity index (χ4v) is 8.52. The van der Waals surface area contributed by atoms with Gasteiger partial charge in [0, 0.05) is 89.1 Å². The van der Waals surface area contributed by atoms with Crippen LogP contribution in [0, 0.1) is 0 Å². The summed E-state index contributed by atoms with van der Waals surface area (Å²) in [6, 6.07) is 15.2. The van der Waals surface area contributed by atoms with Gasteiger partial charge in [-0.15, -0.1) is 0 Å². The first kappa shape index (κ1) is 34.1. The molecule has 3 saturated heterocycles. The number of benzene rings is 1. The van der Waals surface area contributed by atoms with Crippen molar-refractivity contribution in [1.29, 1.82) is 0 Å². The molecular formula is C39H48N10O3. The standard InChI is InChI=1S/C39H48N10O3/c1-45(2)38(52)33-23-27-24-41-39(44-36(27)49(33)30-5-3-4-6-30)42-34-13-11-31(25-40-34)48-21-19-47(20-22-48)29-15-17-46(18-16-29)28-9-7-26(8-10-28)32-12-14-35(50)43-37(32)51/h7-11,13,23-25,29-30,32H,3-6,12,14-22H2,1-2H3,(H,43,50,51)(H,40,41,42,44)/t32-/m0/s1. The Morgan fingerprint density at radius 2 is 1.52 bits per heavy atom. The van der Waals surface area contributed by atoms with Gasteiger partial charge in [-0.05, 0) is 68.0 Å². The van der Waals surface area contributed by atoms with Crippen molar-refractivity contribution in [3.63, 3.8) is 0 Å². The minimum absolute atomic E-state index is 0.0180. The molecule has 6 heterocycles. The lowest BCUT2D eigenvalue weighted by molar-refractivity contribution is -0.134. The quantitative estimate of drug-likeness (QED) is 0.249. The molecule has 272 valence electrons. The van der Waals surface area contributed by atoms with E-state index >= 15 is 0 Å². The molecule has 0 radical (unpaired) electrons. The van der Waals surface area contributed by atoms with E-state index in [1.807, 2.05) is 30.5 Å². The molecule has 1 atom stereocenters. The maximum absolute atomic E-state index is 13.1. The molecule has 4 fully saturated rings. The summed E-state index contributed by atoms with van der Waals surface area (Å²) in [6.07, 6.45) is 11.4. The number of hydrogen-bond acceptors (Lipinski definition) is 10. The number of rotatable bonds is 8. The molecule has 4 aliphatic rings. The van der Waals surface area contributed by atoms with Crippen molar-refractivity contribution in [2.45, 2.75) is 69.4 Å². The van der Waals surface area contributed by atoms with Crippen molar-refractivity contribution >= 4 is 51.9 Å². The smallest absolute Gasteiger partial charge is 0.270 e. The van der Waals surface area contributed by atoms with Gasteiger partial charge in [0.15, 0.2) is 0 Å². The highest BCUT2D eigenvalue weighted by molar-refractivity contribution is 6.01. The molecule has 1 aliphatic carbocycles. The first-order valence-electron chi connectivity index (χ1n) is 18.8. The number of carbonyl (C=O) groups excluding carboxylic acids is 3. The molecule has 52 heavy (non-hydrogen) atoms. The number of imide groups is 1. The number of nitrogens with zero attached hydrogens (tertiary/aromatic N) is 8. The lowest BCUT2D eigenvalue weighted by Gasteiger charge is -2.43. The largest absolute Gasteiger partial charge is 0.371 e.